The van der Waals surface area contributed by atoms with Crippen LogP contribution in [0, 0.1) is 0 Å². The van der Waals surface area contributed by atoms with Crippen LogP contribution in [0.4, 0.5) is 0 Å². The Kier molecular flexibility index (Phi) is 7.44. The lowest BCUT2D eigenvalue weighted by Gasteiger charge is -2.37. The third kappa shape index (κ3) is 4.79. The first kappa shape index (κ1) is 16.5. The number of nitrogens with one attached hydrogen (secondary N) is 1. The van der Waals surface area contributed by atoms with Gasteiger partial charge in [0.15, 0.2) is 0 Å². The Bertz CT molecular complexity index is 350. The summed E-state index contributed by atoms with van der Waals surface area (Å²) in [5.41, 5.74) is 1.38. The Balaban J connectivity index is 0.000000861. The SMILES string of the molecule is CC.CCC(c1ccc(Cl)cc1)N1CCNC(C)C1. The lowest BCUT2D eigenvalue weighted by molar-refractivity contribution is 0.145. The van der Waals surface area contributed by atoms with Gasteiger partial charge in [-0.3, -0.25) is 4.90 Å². The number of rotatable bonds is 3. The van der Waals surface area contributed by atoms with E-state index in [9.17, 15) is 0 Å². The largest absolute Gasteiger partial charge is 0.312 e. The van der Waals surface area contributed by atoms with E-state index in [1.165, 1.54) is 5.56 Å². The Hall–Kier alpha value is -0.570. The van der Waals surface area contributed by atoms with Gasteiger partial charge in [0.05, 0.1) is 0 Å². The van der Waals surface area contributed by atoms with Crippen molar-refractivity contribution in [1.82, 2.24) is 10.2 Å². The van der Waals surface area contributed by atoms with Gasteiger partial charge in [0, 0.05) is 36.7 Å². The number of halogens is 1. The molecule has 3 heteroatoms. The Morgan fingerprint density at radius 2 is 1.95 bits per heavy atom. The van der Waals surface area contributed by atoms with E-state index in [0.29, 0.717) is 12.1 Å². The van der Waals surface area contributed by atoms with Gasteiger partial charge in [-0.1, -0.05) is 44.5 Å². The van der Waals surface area contributed by atoms with Crippen LogP contribution < -0.4 is 5.32 Å². The van der Waals surface area contributed by atoms with E-state index in [1.54, 1.807) is 0 Å². The zero-order valence-corrected chi connectivity index (χ0v) is 13.4. The molecule has 0 aromatic heterocycles. The number of hydrogen-bond donors (Lipinski definition) is 1. The highest BCUT2D eigenvalue weighted by atomic mass is 35.5. The van der Waals surface area contributed by atoms with Crippen LogP contribution in [0.25, 0.3) is 0 Å². The molecule has 19 heavy (non-hydrogen) atoms. The summed E-state index contributed by atoms with van der Waals surface area (Å²) < 4.78 is 0. The van der Waals surface area contributed by atoms with Crippen LogP contribution in [0.2, 0.25) is 5.02 Å². The summed E-state index contributed by atoms with van der Waals surface area (Å²) in [7, 11) is 0. The second kappa shape index (κ2) is 8.57. The molecule has 108 valence electrons. The molecule has 2 nitrogen and oxygen atoms in total. The standard InChI is InChI=1S/C14H21ClN2.C2H6/c1-3-14(12-4-6-13(15)7-5-12)17-9-8-16-11(2)10-17;1-2/h4-7,11,14,16H,3,8-10H2,1-2H3;1-2H3. The van der Waals surface area contributed by atoms with Gasteiger partial charge >= 0.3 is 0 Å². The van der Waals surface area contributed by atoms with E-state index in [2.05, 4.69) is 36.2 Å². The summed E-state index contributed by atoms with van der Waals surface area (Å²) in [5.74, 6) is 0. The maximum absolute atomic E-state index is 5.94. The van der Waals surface area contributed by atoms with Crippen LogP contribution in [0.1, 0.15) is 45.7 Å². The van der Waals surface area contributed by atoms with Crippen LogP contribution in [0.3, 0.4) is 0 Å². The maximum Gasteiger partial charge on any atom is 0.0406 e. The van der Waals surface area contributed by atoms with E-state index in [1.807, 2.05) is 26.0 Å². The lowest BCUT2D eigenvalue weighted by atomic mass is 10.0. The average Bonchev–Trinajstić information content (AvgIpc) is 2.44. The highest BCUT2D eigenvalue weighted by Gasteiger charge is 2.23. The molecule has 2 rings (SSSR count). The van der Waals surface area contributed by atoms with E-state index >= 15 is 0 Å². The Morgan fingerprint density at radius 3 is 2.47 bits per heavy atom. The fourth-order valence-electron chi connectivity index (χ4n) is 2.63. The summed E-state index contributed by atoms with van der Waals surface area (Å²) in [6, 6.07) is 9.41. The van der Waals surface area contributed by atoms with Crippen LogP contribution >= 0.6 is 11.6 Å². The summed E-state index contributed by atoms with van der Waals surface area (Å²) in [6.45, 7) is 11.9. The van der Waals surface area contributed by atoms with E-state index in [-0.39, 0.29) is 0 Å². The van der Waals surface area contributed by atoms with Crippen molar-refractivity contribution in [3.63, 3.8) is 0 Å². The normalized spacial score (nSPS) is 21.4. The minimum absolute atomic E-state index is 0.525. The third-order valence-electron chi connectivity index (χ3n) is 3.48. The molecule has 1 aliphatic heterocycles. The fraction of sp³-hybridized carbons (Fsp3) is 0.625. The summed E-state index contributed by atoms with van der Waals surface area (Å²) in [5, 5.41) is 4.31. The van der Waals surface area contributed by atoms with Crippen molar-refractivity contribution in [2.75, 3.05) is 19.6 Å². The van der Waals surface area contributed by atoms with Crippen molar-refractivity contribution in [3.05, 3.63) is 34.9 Å². The predicted molar refractivity (Wildman–Crippen MR) is 84.9 cm³/mol. The maximum atomic E-state index is 5.94. The number of nitrogens with zero attached hydrogens (tertiary/aromatic N) is 1. The molecule has 0 spiro atoms. The molecule has 1 saturated heterocycles. The van der Waals surface area contributed by atoms with Gasteiger partial charge < -0.3 is 5.32 Å². The minimum atomic E-state index is 0.525. The van der Waals surface area contributed by atoms with Crippen molar-refractivity contribution in [1.29, 1.82) is 0 Å². The first-order valence-corrected chi connectivity index (χ1v) is 7.81. The lowest BCUT2D eigenvalue weighted by Crippen LogP contribution is -2.50. The minimum Gasteiger partial charge on any atom is -0.312 e. The molecule has 2 unspecified atom stereocenters. The molecule has 1 fully saturated rings. The molecule has 0 bridgehead atoms. The predicted octanol–water partition coefficient (Wildman–Crippen LogP) is 4.11. The summed E-state index contributed by atoms with van der Waals surface area (Å²) in [4.78, 5) is 2.57. The van der Waals surface area contributed by atoms with Gasteiger partial charge in [-0.25, -0.2) is 0 Å². The molecule has 0 aliphatic carbocycles. The van der Waals surface area contributed by atoms with E-state index < -0.39 is 0 Å². The molecule has 1 N–H and O–H groups in total. The van der Waals surface area contributed by atoms with Gasteiger partial charge in [0.25, 0.3) is 0 Å². The van der Waals surface area contributed by atoms with Crippen LogP contribution in [0.15, 0.2) is 24.3 Å². The number of benzene rings is 1. The molecule has 1 heterocycles. The highest BCUT2D eigenvalue weighted by Crippen LogP contribution is 2.26. The Labute approximate surface area is 123 Å². The molecule has 1 aliphatic rings. The van der Waals surface area contributed by atoms with E-state index in [4.69, 9.17) is 11.6 Å². The first-order chi connectivity index (χ1) is 9.20. The van der Waals surface area contributed by atoms with Gasteiger partial charge in [-0.2, -0.15) is 0 Å². The molecule has 0 amide bonds. The molecular formula is C16H27ClN2. The van der Waals surface area contributed by atoms with Gasteiger partial charge in [0.1, 0.15) is 0 Å². The first-order valence-electron chi connectivity index (χ1n) is 7.43. The van der Waals surface area contributed by atoms with Gasteiger partial charge in [-0.15, -0.1) is 0 Å². The van der Waals surface area contributed by atoms with Crippen molar-refractivity contribution >= 4 is 11.6 Å². The zero-order chi connectivity index (χ0) is 14.3. The molecular weight excluding hydrogens is 256 g/mol. The van der Waals surface area contributed by atoms with Crippen LogP contribution in [-0.2, 0) is 0 Å². The van der Waals surface area contributed by atoms with Crippen molar-refractivity contribution in [3.8, 4) is 0 Å². The zero-order valence-electron chi connectivity index (χ0n) is 12.6. The second-order valence-corrected chi connectivity index (χ2v) is 5.26. The monoisotopic (exact) mass is 282 g/mol. The number of hydrogen-bond acceptors (Lipinski definition) is 2. The topological polar surface area (TPSA) is 15.3 Å². The van der Waals surface area contributed by atoms with E-state index in [0.717, 1.165) is 31.1 Å². The molecule has 1 aromatic rings. The van der Waals surface area contributed by atoms with Gasteiger partial charge in [0.2, 0.25) is 0 Å². The second-order valence-electron chi connectivity index (χ2n) is 4.83. The van der Waals surface area contributed by atoms with Crippen molar-refractivity contribution in [2.24, 2.45) is 0 Å². The Morgan fingerprint density at radius 1 is 1.32 bits per heavy atom. The average molecular weight is 283 g/mol. The molecule has 0 radical (unpaired) electrons. The third-order valence-corrected chi connectivity index (χ3v) is 3.73. The van der Waals surface area contributed by atoms with Crippen LogP contribution in [0.5, 0.6) is 0 Å². The van der Waals surface area contributed by atoms with Crippen molar-refractivity contribution in [2.45, 2.75) is 46.2 Å². The molecule has 0 saturated carbocycles. The fourth-order valence-corrected chi connectivity index (χ4v) is 2.76. The molecule has 2 atom stereocenters. The quantitative estimate of drug-likeness (QED) is 0.897. The molecule has 1 aromatic carbocycles. The smallest absolute Gasteiger partial charge is 0.0406 e. The number of piperazine rings is 1. The summed E-state index contributed by atoms with van der Waals surface area (Å²) >= 11 is 5.94. The van der Waals surface area contributed by atoms with Gasteiger partial charge in [-0.05, 0) is 31.0 Å². The summed E-state index contributed by atoms with van der Waals surface area (Å²) in [6.07, 6.45) is 1.15. The van der Waals surface area contributed by atoms with Crippen molar-refractivity contribution < 1.29 is 0 Å². The highest BCUT2D eigenvalue weighted by molar-refractivity contribution is 6.30. The van der Waals surface area contributed by atoms with Crippen LogP contribution in [-0.4, -0.2) is 30.6 Å².